The molecule has 0 spiro atoms. The van der Waals surface area contributed by atoms with Gasteiger partial charge in [0.2, 0.25) is 5.91 Å². The number of hydrogen-bond donors (Lipinski definition) is 1. The van der Waals surface area contributed by atoms with Crippen molar-refractivity contribution >= 4 is 17.7 Å². The van der Waals surface area contributed by atoms with Gasteiger partial charge in [0.15, 0.2) is 5.78 Å². The molecule has 5 nitrogen and oxygen atoms in total. The minimum absolute atomic E-state index is 0.0136. The molecule has 1 aliphatic heterocycles. The van der Waals surface area contributed by atoms with Gasteiger partial charge >= 0.3 is 5.97 Å². The summed E-state index contributed by atoms with van der Waals surface area (Å²) >= 11 is 0. The Morgan fingerprint density at radius 2 is 1.81 bits per heavy atom. The Bertz CT molecular complexity index is 567. The normalized spacial score (nSPS) is 17.8. The number of Topliss-reactive ketones (excluding diaryl/α,β-unsaturated/α-hetero) is 1. The summed E-state index contributed by atoms with van der Waals surface area (Å²) in [7, 11) is 0. The van der Waals surface area contributed by atoms with Crippen LogP contribution in [-0.2, 0) is 27.2 Å². The summed E-state index contributed by atoms with van der Waals surface area (Å²) in [4.78, 5) is 36.4. The molecule has 1 aromatic carbocycles. The second-order valence-electron chi connectivity index (χ2n) is 5.37. The van der Waals surface area contributed by atoms with Crippen molar-refractivity contribution < 1.29 is 19.5 Å². The van der Waals surface area contributed by atoms with Crippen molar-refractivity contribution in [1.29, 1.82) is 0 Å². The van der Waals surface area contributed by atoms with Crippen molar-refractivity contribution in [2.24, 2.45) is 0 Å². The maximum absolute atomic E-state index is 12.4. The highest BCUT2D eigenvalue weighted by atomic mass is 16.4. The van der Waals surface area contributed by atoms with Crippen LogP contribution in [0.2, 0.25) is 0 Å². The molecule has 1 aromatic rings. The molecule has 0 aliphatic carbocycles. The first-order valence-electron chi connectivity index (χ1n) is 7.07. The first kappa shape index (κ1) is 15.2. The monoisotopic (exact) mass is 289 g/mol. The highest BCUT2D eigenvalue weighted by Crippen LogP contribution is 2.20. The predicted molar refractivity (Wildman–Crippen MR) is 76.9 cm³/mol. The average Bonchev–Trinajstić information content (AvgIpc) is 2.90. The summed E-state index contributed by atoms with van der Waals surface area (Å²) < 4.78 is 0. The highest BCUT2D eigenvalue weighted by Gasteiger charge is 2.31. The molecular weight excluding hydrogens is 270 g/mol. The van der Waals surface area contributed by atoms with Gasteiger partial charge in [-0.2, -0.15) is 0 Å². The Hall–Kier alpha value is -2.17. The lowest BCUT2D eigenvalue weighted by molar-refractivity contribution is -0.137. The van der Waals surface area contributed by atoms with E-state index in [-0.39, 0.29) is 30.6 Å². The average molecular weight is 289 g/mol. The van der Waals surface area contributed by atoms with Crippen LogP contribution in [0.4, 0.5) is 0 Å². The molecular formula is C16H19NO4. The SMILES string of the molecule is CC(=O)[C@H]1CCCN1C(=O)Cc1ccccc1CC(=O)O. The van der Waals surface area contributed by atoms with Gasteiger partial charge in [-0.25, -0.2) is 0 Å². The number of carbonyl (C=O) groups excluding carboxylic acids is 2. The number of ketones is 1. The van der Waals surface area contributed by atoms with Crippen molar-refractivity contribution in [2.45, 2.75) is 38.6 Å². The molecule has 1 atom stereocenters. The fourth-order valence-electron chi connectivity index (χ4n) is 2.82. The van der Waals surface area contributed by atoms with E-state index in [0.29, 0.717) is 12.1 Å². The zero-order chi connectivity index (χ0) is 15.4. The maximum Gasteiger partial charge on any atom is 0.307 e. The summed E-state index contributed by atoms with van der Waals surface area (Å²) in [5, 5.41) is 8.91. The molecule has 0 aromatic heterocycles. The number of nitrogens with zero attached hydrogens (tertiary/aromatic N) is 1. The Kier molecular flexibility index (Phi) is 4.73. The first-order chi connectivity index (χ1) is 9.99. The molecule has 2 rings (SSSR count). The van der Waals surface area contributed by atoms with Crippen LogP contribution in [-0.4, -0.2) is 40.3 Å². The van der Waals surface area contributed by atoms with Gasteiger partial charge in [-0.05, 0) is 30.9 Å². The zero-order valence-electron chi connectivity index (χ0n) is 12.0. The van der Waals surface area contributed by atoms with Crippen LogP contribution in [0, 0.1) is 0 Å². The molecule has 0 bridgehead atoms. The van der Waals surface area contributed by atoms with Crippen molar-refractivity contribution in [2.75, 3.05) is 6.54 Å². The molecule has 1 amide bonds. The first-order valence-corrected chi connectivity index (χ1v) is 7.07. The number of amides is 1. The maximum atomic E-state index is 12.4. The number of rotatable bonds is 5. The van der Waals surface area contributed by atoms with E-state index in [1.54, 1.807) is 29.2 Å². The fraction of sp³-hybridized carbons (Fsp3) is 0.438. The van der Waals surface area contributed by atoms with Crippen LogP contribution in [0.1, 0.15) is 30.9 Å². The standard InChI is InChI=1S/C16H19NO4/c1-11(18)14-7-4-8-17(14)15(19)9-12-5-2-3-6-13(12)10-16(20)21/h2-3,5-6,14H,4,7-10H2,1H3,(H,20,21)/t14-/m1/s1. The van der Waals surface area contributed by atoms with Gasteiger partial charge in [0.05, 0.1) is 18.9 Å². The smallest absolute Gasteiger partial charge is 0.307 e. The molecule has 0 unspecified atom stereocenters. The second-order valence-corrected chi connectivity index (χ2v) is 5.37. The van der Waals surface area contributed by atoms with E-state index >= 15 is 0 Å². The van der Waals surface area contributed by atoms with Gasteiger partial charge in [0.1, 0.15) is 0 Å². The van der Waals surface area contributed by atoms with Crippen LogP contribution in [0.15, 0.2) is 24.3 Å². The Labute approximate surface area is 123 Å². The van der Waals surface area contributed by atoms with Crippen LogP contribution >= 0.6 is 0 Å². The zero-order valence-corrected chi connectivity index (χ0v) is 12.0. The van der Waals surface area contributed by atoms with Gasteiger partial charge in [-0.3, -0.25) is 14.4 Å². The number of likely N-dealkylation sites (tertiary alicyclic amines) is 1. The number of carboxylic acid groups (broad SMARTS) is 1. The molecule has 1 saturated heterocycles. The van der Waals surface area contributed by atoms with E-state index in [2.05, 4.69) is 0 Å². The third-order valence-electron chi connectivity index (χ3n) is 3.84. The van der Waals surface area contributed by atoms with E-state index in [4.69, 9.17) is 5.11 Å². The van der Waals surface area contributed by atoms with Crippen molar-refractivity contribution in [3.8, 4) is 0 Å². The lowest BCUT2D eigenvalue weighted by Gasteiger charge is -2.23. The topological polar surface area (TPSA) is 74.7 Å². The number of carboxylic acids is 1. The fourth-order valence-corrected chi connectivity index (χ4v) is 2.82. The van der Waals surface area contributed by atoms with Gasteiger partial charge in [-0.1, -0.05) is 24.3 Å². The van der Waals surface area contributed by atoms with Crippen molar-refractivity contribution in [3.05, 3.63) is 35.4 Å². The number of benzene rings is 1. The minimum Gasteiger partial charge on any atom is -0.481 e. The lowest BCUT2D eigenvalue weighted by Crippen LogP contribution is -2.40. The lowest BCUT2D eigenvalue weighted by atomic mass is 10.0. The molecule has 1 aliphatic rings. The summed E-state index contributed by atoms with van der Waals surface area (Å²) in [6, 6.07) is 6.74. The number of carbonyl (C=O) groups is 3. The molecule has 0 saturated carbocycles. The van der Waals surface area contributed by atoms with Crippen LogP contribution in [0.25, 0.3) is 0 Å². The van der Waals surface area contributed by atoms with Gasteiger partial charge < -0.3 is 10.0 Å². The van der Waals surface area contributed by atoms with Crippen molar-refractivity contribution in [1.82, 2.24) is 4.90 Å². The summed E-state index contributed by atoms with van der Waals surface area (Å²) in [6.07, 6.45) is 1.61. The summed E-state index contributed by atoms with van der Waals surface area (Å²) in [5.41, 5.74) is 1.37. The summed E-state index contributed by atoms with van der Waals surface area (Å²) in [6.45, 7) is 2.11. The van der Waals surface area contributed by atoms with Crippen molar-refractivity contribution in [3.63, 3.8) is 0 Å². The third kappa shape index (κ3) is 3.68. The van der Waals surface area contributed by atoms with E-state index in [9.17, 15) is 14.4 Å². The largest absolute Gasteiger partial charge is 0.481 e. The highest BCUT2D eigenvalue weighted by molar-refractivity contribution is 5.89. The van der Waals surface area contributed by atoms with Crippen LogP contribution in [0.5, 0.6) is 0 Å². The van der Waals surface area contributed by atoms with Crippen LogP contribution in [0.3, 0.4) is 0 Å². The van der Waals surface area contributed by atoms with E-state index in [1.165, 1.54) is 6.92 Å². The Balaban J connectivity index is 2.12. The van der Waals surface area contributed by atoms with E-state index < -0.39 is 5.97 Å². The Morgan fingerprint density at radius 3 is 2.38 bits per heavy atom. The molecule has 112 valence electrons. The Morgan fingerprint density at radius 1 is 1.19 bits per heavy atom. The second kappa shape index (κ2) is 6.52. The molecule has 1 heterocycles. The molecule has 5 heteroatoms. The van der Waals surface area contributed by atoms with Gasteiger partial charge in [0.25, 0.3) is 0 Å². The quantitative estimate of drug-likeness (QED) is 0.890. The minimum atomic E-state index is -0.919. The van der Waals surface area contributed by atoms with Gasteiger partial charge in [0, 0.05) is 6.54 Å². The van der Waals surface area contributed by atoms with Crippen LogP contribution < -0.4 is 0 Å². The van der Waals surface area contributed by atoms with E-state index in [1.807, 2.05) is 0 Å². The number of aliphatic carboxylic acids is 1. The molecule has 1 fully saturated rings. The predicted octanol–water partition coefficient (Wildman–Crippen LogP) is 1.44. The number of hydrogen-bond acceptors (Lipinski definition) is 3. The molecule has 0 radical (unpaired) electrons. The third-order valence-corrected chi connectivity index (χ3v) is 3.84. The molecule has 1 N–H and O–H groups in total. The van der Waals surface area contributed by atoms with E-state index in [0.717, 1.165) is 18.4 Å². The van der Waals surface area contributed by atoms with Gasteiger partial charge in [-0.15, -0.1) is 0 Å². The molecule has 21 heavy (non-hydrogen) atoms. The summed E-state index contributed by atoms with van der Waals surface area (Å²) in [5.74, 6) is -1.01.